The van der Waals surface area contributed by atoms with Gasteiger partial charge in [-0.25, -0.2) is 0 Å². The minimum Gasteiger partial charge on any atom is -0.273 e. The Morgan fingerprint density at radius 1 is 0.818 bits per heavy atom. The van der Waals surface area contributed by atoms with Gasteiger partial charge in [-0.15, -0.1) is 9.66 Å². The molecule has 0 aliphatic rings. The zero-order valence-electron chi connectivity index (χ0n) is 4.84. The zero-order valence-corrected chi connectivity index (χ0v) is 6.48. The van der Waals surface area contributed by atoms with Gasteiger partial charge in [-0.2, -0.15) is 22.4 Å². The predicted octanol–water partition coefficient (Wildman–Crippen LogP) is -2.81. The lowest BCUT2D eigenvalue weighted by molar-refractivity contribution is 0.426. The Morgan fingerprint density at radius 3 is 1.27 bits per heavy atom. The van der Waals surface area contributed by atoms with E-state index in [9.17, 15) is 16.8 Å². The highest BCUT2D eigenvalue weighted by atomic mass is 32.2. The minimum absolute atomic E-state index is 1.11. The fourth-order valence-electron chi connectivity index (χ4n) is 0.150. The van der Waals surface area contributed by atoms with Crippen LogP contribution in [0.4, 0.5) is 0 Å². The van der Waals surface area contributed by atoms with Gasteiger partial charge >= 0.3 is 20.6 Å². The van der Waals surface area contributed by atoms with Crippen LogP contribution < -0.4 is 15.2 Å². The fourth-order valence-corrected chi connectivity index (χ4v) is 0.574. The van der Waals surface area contributed by atoms with Gasteiger partial charge in [0.05, 0.1) is 0 Å². The molecule has 68 valence electrons. The first-order valence-electron chi connectivity index (χ1n) is 1.94. The standard InChI is InChI=1S/H5N3O6S2/c4-10(5,6)2-1-3-11(7,8)9/h1-3H,(H,4,5,6)(H,7,8,9). The normalized spacial score (nSPS) is 13.3. The second-order valence-corrected chi connectivity index (χ2v) is 3.59. The average molecular weight is 207 g/mol. The zero-order chi connectivity index (χ0) is 9.12. The van der Waals surface area contributed by atoms with Gasteiger partial charge in [-0.3, -0.25) is 9.11 Å². The van der Waals surface area contributed by atoms with Gasteiger partial charge in [0.25, 0.3) is 0 Å². The second-order valence-electron chi connectivity index (χ2n) is 1.28. The molecule has 0 aromatic heterocycles. The van der Waals surface area contributed by atoms with Gasteiger partial charge < -0.3 is 0 Å². The number of hydrogen-bond acceptors (Lipinski definition) is 5. The molecule has 0 spiro atoms. The molecular weight excluding hydrogens is 202 g/mol. The smallest absolute Gasteiger partial charge is 0.273 e. The highest BCUT2D eigenvalue weighted by molar-refractivity contribution is 7.84. The third-order valence-electron chi connectivity index (χ3n) is 0.360. The van der Waals surface area contributed by atoms with Gasteiger partial charge in [0.2, 0.25) is 0 Å². The van der Waals surface area contributed by atoms with Crippen LogP contribution in [-0.4, -0.2) is 25.9 Å². The fraction of sp³-hybridized carbons (Fsp3) is 0. The summed E-state index contributed by atoms with van der Waals surface area (Å²) in [5, 5.41) is 0. The summed E-state index contributed by atoms with van der Waals surface area (Å²) in [5.41, 5.74) is 1.29. The molecule has 0 amide bonds. The van der Waals surface area contributed by atoms with Crippen molar-refractivity contribution in [3.63, 3.8) is 0 Å². The van der Waals surface area contributed by atoms with E-state index >= 15 is 0 Å². The molecule has 0 radical (unpaired) electrons. The topological polar surface area (TPSA) is 145 Å². The molecule has 0 saturated heterocycles. The Labute approximate surface area is 62.5 Å². The first kappa shape index (κ1) is 10.7. The number of hydrazine groups is 2. The molecule has 0 unspecified atom stereocenters. The molecule has 0 fully saturated rings. The molecule has 0 bridgehead atoms. The maximum Gasteiger partial charge on any atom is 0.347 e. The van der Waals surface area contributed by atoms with Gasteiger partial charge in [-0.05, 0) is 0 Å². The van der Waals surface area contributed by atoms with Crippen LogP contribution in [-0.2, 0) is 20.6 Å². The van der Waals surface area contributed by atoms with E-state index in [1.54, 1.807) is 0 Å². The van der Waals surface area contributed by atoms with E-state index in [2.05, 4.69) is 0 Å². The summed E-state index contributed by atoms with van der Waals surface area (Å²) >= 11 is 0. The molecule has 9 nitrogen and oxygen atoms in total. The van der Waals surface area contributed by atoms with E-state index < -0.39 is 20.6 Å². The number of nitrogens with one attached hydrogen (secondary N) is 3. The summed E-state index contributed by atoms with van der Waals surface area (Å²) in [6.07, 6.45) is 0. The van der Waals surface area contributed by atoms with Crippen molar-refractivity contribution in [2.24, 2.45) is 0 Å². The molecule has 0 rings (SSSR count). The summed E-state index contributed by atoms with van der Waals surface area (Å²) in [6.45, 7) is 0. The largest absolute Gasteiger partial charge is 0.347 e. The van der Waals surface area contributed by atoms with Crippen LogP contribution in [0.25, 0.3) is 0 Å². The maximum absolute atomic E-state index is 9.78. The number of rotatable bonds is 4. The first-order chi connectivity index (χ1) is 4.71. The Morgan fingerprint density at radius 2 is 1.09 bits per heavy atom. The minimum atomic E-state index is -4.55. The summed E-state index contributed by atoms with van der Waals surface area (Å²) < 4.78 is 54.9. The Hall–Kier alpha value is -0.300. The monoisotopic (exact) mass is 207 g/mol. The van der Waals surface area contributed by atoms with Gasteiger partial charge in [0, 0.05) is 0 Å². The quantitative estimate of drug-likeness (QED) is 0.247. The molecule has 11 heavy (non-hydrogen) atoms. The van der Waals surface area contributed by atoms with Crippen LogP contribution in [0.2, 0.25) is 0 Å². The molecule has 0 aliphatic carbocycles. The van der Waals surface area contributed by atoms with Crippen LogP contribution in [0.3, 0.4) is 0 Å². The van der Waals surface area contributed by atoms with Crippen molar-refractivity contribution in [3.8, 4) is 0 Å². The Bertz CT molecular complexity index is 265. The highest BCUT2D eigenvalue weighted by Gasteiger charge is 2.04. The Balaban J connectivity index is 3.79. The summed E-state index contributed by atoms with van der Waals surface area (Å²) in [4.78, 5) is 2.21. The predicted molar refractivity (Wildman–Crippen MR) is 32.5 cm³/mol. The van der Waals surface area contributed by atoms with Crippen molar-refractivity contribution in [2.75, 3.05) is 0 Å². The van der Waals surface area contributed by atoms with Crippen LogP contribution in [0.15, 0.2) is 0 Å². The van der Waals surface area contributed by atoms with Crippen molar-refractivity contribution in [1.29, 1.82) is 0 Å². The Kier molecular flexibility index (Phi) is 3.30. The summed E-state index contributed by atoms with van der Waals surface area (Å²) in [7, 11) is -9.09. The highest BCUT2D eigenvalue weighted by Crippen LogP contribution is 1.67. The summed E-state index contributed by atoms with van der Waals surface area (Å²) in [6, 6.07) is 0. The van der Waals surface area contributed by atoms with Crippen molar-refractivity contribution < 1.29 is 25.9 Å². The van der Waals surface area contributed by atoms with E-state index in [-0.39, 0.29) is 0 Å². The lowest BCUT2D eigenvalue weighted by atomic mass is 12.6. The molecule has 0 aromatic carbocycles. The molecule has 0 saturated carbocycles. The lowest BCUT2D eigenvalue weighted by Crippen LogP contribution is -2.48. The van der Waals surface area contributed by atoms with Crippen molar-refractivity contribution >= 4 is 20.6 Å². The van der Waals surface area contributed by atoms with E-state index in [1.807, 2.05) is 0 Å². The van der Waals surface area contributed by atoms with E-state index in [4.69, 9.17) is 9.11 Å². The SMILES string of the molecule is O=S(=O)(O)NNNS(=O)(=O)O. The molecule has 0 heterocycles. The lowest BCUT2D eigenvalue weighted by Gasteiger charge is -2.01. The molecule has 11 heteroatoms. The molecule has 0 aliphatic heterocycles. The van der Waals surface area contributed by atoms with Gasteiger partial charge in [-0.1, -0.05) is 0 Å². The van der Waals surface area contributed by atoms with Crippen LogP contribution in [0, 0.1) is 0 Å². The molecule has 0 aromatic rings. The maximum atomic E-state index is 9.78. The van der Waals surface area contributed by atoms with E-state index in [0.717, 1.165) is 9.66 Å². The van der Waals surface area contributed by atoms with E-state index in [0.29, 0.717) is 0 Å². The van der Waals surface area contributed by atoms with Crippen molar-refractivity contribution in [1.82, 2.24) is 15.2 Å². The third kappa shape index (κ3) is 9.70. The first-order valence-corrected chi connectivity index (χ1v) is 4.82. The molecular formula is H5N3O6S2. The number of hydrogen-bond donors (Lipinski definition) is 5. The van der Waals surface area contributed by atoms with Gasteiger partial charge in [0.1, 0.15) is 0 Å². The average Bonchev–Trinajstić information content (AvgIpc) is 1.55. The van der Waals surface area contributed by atoms with E-state index in [1.165, 1.54) is 5.53 Å². The summed E-state index contributed by atoms with van der Waals surface area (Å²) in [5.74, 6) is 0. The van der Waals surface area contributed by atoms with Crippen LogP contribution >= 0.6 is 0 Å². The second kappa shape index (κ2) is 3.40. The molecule has 5 N–H and O–H groups in total. The third-order valence-corrected chi connectivity index (χ3v) is 1.08. The van der Waals surface area contributed by atoms with Crippen LogP contribution in [0.1, 0.15) is 0 Å². The molecule has 0 atom stereocenters. The van der Waals surface area contributed by atoms with Gasteiger partial charge in [0.15, 0.2) is 0 Å². The van der Waals surface area contributed by atoms with Crippen LogP contribution in [0.5, 0.6) is 0 Å². The van der Waals surface area contributed by atoms with Crippen molar-refractivity contribution in [3.05, 3.63) is 0 Å². The van der Waals surface area contributed by atoms with Crippen molar-refractivity contribution in [2.45, 2.75) is 0 Å².